The fourth-order valence-electron chi connectivity index (χ4n) is 3.39. The first-order valence-corrected chi connectivity index (χ1v) is 14.3. The minimum Gasteiger partial charge on any atom is -0.444 e. The Bertz CT molecular complexity index is 458. The van der Waals surface area contributed by atoms with Gasteiger partial charge in [0.1, 0.15) is 5.60 Å². The molecule has 0 aromatic heterocycles. The maximum atomic E-state index is 11.5. The lowest BCUT2D eigenvalue weighted by molar-refractivity contribution is -0.0111. The molecule has 216 valence electrons. The molecule has 36 heavy (non-hydrogen) atoms. The number of ether oxygens (including phenoxy) is 6. The topological polar surface area (TPSA) is 84.5 Å². The van der Waals surface area contributed by atoms with Crippen LogP contribution in [-0.2, 0) is 28.4 Å². The minimum absolute atomic E-state index is 0.405. The zero-order chi connectivity index (χ0) is 26.6. The average molecular weight is 520 g/mol. The van der Waals surface area contributed by atoms with Crippen molar-refractivity contribution >= 4 is 6.09 Å². The maximum absolute atomic E-state index is 11.5. The van der Waals surface area contributed by atoms with Crippen LogP contribution in [0.3, 0.4) is 0 Å². The van der Waals surface area contributed by atoms with Gasteiger partial charge in [0.2, 0.25) is 0 Å². The number of hydrogen-bond donors (Lipinski definition) is 1. The van der Waals surface area contributed by atoms with E-state index in [0.717, 1.165) is 13.0 Å². The molecule has 0 aliphatic carbocycles. The van der Waals surface area contributed by atoms with Crippen LogP contribution in [0.2, 0.25) is 0 Å². The van der Waals surface area contributed by atoms with Gasteiger partial charge in [0.05, 0.1) is 59.5 Å². The lowest BCUT2D eigenvalue weighted by Crippen LogP contribution is -2.34. The van der Waals surface area contributed by atoms with Crippen LogP contribution in [-0.4, -0.2) is 84.3 Å². The number of nitrogens with one attached hydrogen (secondary N) is 1. The van der Waals surface area contributed by atoms with E-state index in [1.807, 2.05) is 20.8 Å². The number of unbranched alkanes of at least 4 members (excludes halogenated alkanes) is 10. The summed E-state index contributed by atoms with van der Waals surface area (Å²) < 4.78 is 32.6. The third kappa shape index (κ3) is 31.1. The molecule has 0 aromatic rings. The van der Waals surface area contributed by atoms with Crippen molar-refractivity contribution in [2.24, 2.45) is 0 Å². The van der Waals surface area contributed by atoms with E-state index < -0.39 is 11.7 Å². The molecule has 0 rings (SSSR count). The van der Waals surface area contributed by atoms with Gasteiger partial charge >= 0.3 is 6.09 Å². The molecule has 8 heteroatoms. The predicted molar refractivity (Wildman–Crippen MR) is 145 cm³/mol. The second-order valence-electron chi connectivity index (χ2n) is 10.0. The molecule has 0 fully saturated rings. The van der Waals surface area contributed by atoms with Crippen molar-refractivity contribution in [3.05, 3.63) is 0 Å². The molecule has 0 aliphatic heterocycles. The average Bonchev–Trinajstić information content (AvgIpc) is 2.82. The molecule has 0 radical (unpaired) electrons. The Kier molecular flexibility index (Phi) is 26.4. The Morgan fingerprint density at radius 2 is 0.889 bits per heavy atom. The van der Waals surface area contributed by atoms with Gasteiger partial charge in [0, 0.05) is 13.2 Å². The summed E-state index contributed by atoms with van der Waals surface area (Å²) in [6.07, 6.45) is 14.4. The van der Waals surface area contributed by atoms with E-state index in [9.17, 15) is 4.79 Å². The van der Waals surface area contributed by atoms with E-state index in [4.69, 9.17) is 28.4 Å². The second-order valence-corrected chi connectivity index (χ2v) is 10.0. The van der Waals surface area contributed by atoms with Crippen molar-refractivity contribution in [3.63, 3.8) is 0 Å². The molecule has 0 unspecified atom stereocenters. The first-order chi connectivity index (χ1) is 17.5. The summed E-state index contributed by atoms with van der Waals surface area (Å²) >= 11 is 0. The van der Waals surface area contributed by atoms with Crippen molar-refractivity contribution in [2.75, 3.05) is 72.6 Å². The molecular weight excluding hydrogens is 462 g/mol. The van der Waals surface area contributed by atoms with Gasteiger partial charge in [-0.15, -0.1) is 0 Å². The fourth-order valence-corrected chi connectivity index (χ4v) is 3.39. The molecule has 0 heterocycles. The Hall–Kier alpha value is -0.930. The van der Waals surface area contributed by atoms with Crippen molar-refractivity contribution in [2.45, 2.75) is 104 Å². The van der Waals surface area contributed by atoms with Crippen LogP contribution >= 0.6 is 0 Å². The van der Waals surface area contributed by atoms with E-state index >= 15 is 0 Å². The van der Waals surface area contributed by atoms with E-state index in [1.54, 1.807) is 0 Å². The predicted octanol–water partition coefficient (Wildman–Crippen LogP) is 5.91. The Morgan fingerprint density at radius 3 is 1.31 bits per heavy atom. The van der Waals surface area contributed by atoms with Gasteiger partial charge in [-0.1, -0.05) is 71.1 Å². The van der Waals surface area contributed by atoms with Gasteiger partial charge in [-0.25, -0.2) is 4.79 Å². The van der Waals surface area contributed by atoms with Crippen LogP contribution < -0.4 is 5.32 Å². The summed E-state index contributed by atoms with van der Waals surface area (Å²) in [4.78, 5) is 11.5. The third-order valence-electron chi connectivity index (χ3n) is 5.29. The second kappa shape index (κ2) is 27.1. The third-order valence-corrected chi connectivity index (χ3v) is 5.29. The largest absolute Gasteiger partial charge is 0.444 e. The molecule has 8 nitrogen and oxygen atoms in total. The monoisotopic (exact) mass is 519 g/mol. The number of amides is 1. The first kappa shape index (κ1) is 35.1. The number of rotatable bonds is 27. The molecule has 1 N–H and O–H groups in total. The SMILES string of the molecule is CCCCCCCCCCCCCOCCOCCOCCOCCOCCNC(=O)OC(C)(C)C. The summed E-state index contributed by atoms with van der Waals surface area (Å²) in [5.41, 5.74) is -0.493. The Morgan fingerprint density at radius 1 is 0.528 bits per heavy atom. The van der Waals surface area contributed by atoms with Gasteiger partial charge in [-0.3, -0.25) is 0 Å². The zero-order valence-electron chi connectivity index (χ0n) is 23.9. The molecule has 0 atom stereocenters. The van der Waals surface area contributed by atoms with Gasteiger partial charge in [0.25, 0.3) is 0 Å². The summed E-state index contributed by atoms with van der Waals surface area (Å²) in [5, 5.41) is 2.64. The van der Waals surface area contributed by atoms with Crippen molar-refractivity contribution < 1.29 is 33.2 Å². The van der Waals surface area contributed by atoms with Crippen LogP contribution in [0.25, 0.3) is 0 Å². The van der Waals surface area contributed by atoms with E-state index in [-0.39, 0.29) is 0 Å². The zero-order valence-corrected chi connectivity index (χ0v) is 23.9. The summed E-state index contributed by atoms with van der Waals surface area (Å²) in [5.74, 6) is 0. The smallest absolute Gasteiger partial charge is 0.407 e. The highest BCUT2D eigenvalue weighted by molar-refractivity contribution is 5.67. The van der Waals surface area contributed by atoms with Crippen LogP contribution in [0, 0.1) is 0 Å². The number of hydrogen-bond acceptors (Lipinski definition) is 7. The van der Waals surface area contributed by atoms with Crippen LogP contribution in [0.5, 0.6) is 0 Å². The standard InChI is InChI=1S/C28H57NO7/c1-5-6-7-8-9-10-11-12-13-14-15-17-31-19-21-33-23-25-35-26-24-34-22-20-32-18-16-29-27(30)36-28(2,3)4/h5-26H2,1-4H3,(H,29,30). The number of carbonyl (C=O) groups excluding carboxylic acids is 1. The van der Waals surface area contributed by atoms with Gasteiger partial charge < -0.3 is 33.7 Å². The highest BCUT2D eigenvalue weighted by Gasteiger charge is 2.15. The molecule has 0 spiro atoms. The highest BCUT2D eigenvalue weighted by Crippen LogP contribution is 2.11. The number of carbonyl (C=O) groups is 1. The van der Waals surface area contributed by atoms with E-state index in [2.05, 4.69) is 12.2 Å². The molecule has 0 bridgehead atoms. The maximum Gasteiger partial charge on any atom is 0.407 e. The Labute approximate surface area is 221 Å². The van der Waals surface area contributed by atoms with Crippen molar-refractivity contribution in [1.29, 1.82) is 0 Å². The summed E-state index contributed by atoms with van der Waals surface area (Å²) in [6, 6.07) is 0. The first-order valence-electron chi connectivity index (χ1n) is 14.3. The molecule has 0 saturated heterocycles. The lowest BCUT2D eigenvalue weighted by Gasteiger charge is -2.19. The van der Waals surface area contributed by atoms with E-state index in [1.165, 1.54) is 64.2 Å². The summed E-state index contributed by atoms with van der Waals surface area (Å²) in [7, 11) is 0. The van der Waals surface area contributed by atoms with Crippen LogP contribution in [0.15, 0.2) is 0 Å². The van der Waals surface area contributed by atoms with Crippen molar-refractivity contribution in [1.82, 2.24) is 5.32 Å². The summed E-state index contributed by atoms with van der Waals surface area (Å²) in [6.45, 7) is 13.8. The Balaban J connectivity index is 3.09. The quantitative estimate of drug-likeness (QED) is 0.135. The van der Waals surface area contributed by atoms with Crippen LogP contribution in [0.1, 0.15) is 98.3 Å². The van der Waals surface area contributed by atoms with Crippen molar-refractivity contribution in [3.8, 4) is 0 Å². The van der Waals surface area contributed by atoms with Gasteiger partial charge in [-0.05, 0) is 27.2 Å². The molecule has 0 aromatic carbocycles. The van der Waals surface area contributed by atoms with Gasteiger partial charge in [-0.2, -0.15) is 0 Å². The molecule has 0 saturated carbocycles. The highest BCUT2D eigenvalue weighted by atomic mass is 16.6. The van der Waals surface area contributed by atoms with E-state index in [0.29, 0.717) is 66.0 Å². The number of alkyl carbamates (subject to hydrolysis) is 1. The van der Waals surface area contributed by atoms with Gasteiger partial charge in [0.15, 0.2) is 0 Å². The molecule has 1 amide bonds. The molecular formula is C28H57NO7. The normalized spacial score (nSPS) is 11.7. The fraction of sp³-hybridized carbons (Fsp3) is 0.964. The lowest BCUT2D eigenvalue weighted by atomic mass is 10.1. The van der Waals surface area contributed by atoms with Crippen LogP contribution in [0.4, 0.5) is 4.79 Å². The minimum atomic E-state index is -0.493. The molecule has 0 aliphatic rings.